The van der Waals surface area contributed by atoms with Crippen LogP contribution >= 0.6 is 0 Å². The zero-order chi connectivity index (χ0) is 19.9. The van der Waals surface area contributed by atoms with E-state index < -0.39 is 5.97 Å². The molecule has 0 unspecified atom stereocenters. The molecule has 1 fully saturated rings. The number of hydrogen-bond acceptors (Lipinski definition) is 7. The fraction of sp³-hybridized carbons (Fsp3) is 0.526. The highest BCUT2D eigenvalue weighted by Gasteiger charge is 2.25. The lowest BCUT2D eigenvalue weighted by Crippen LogP contribution is -2.51. The highest BCUT2D eigenvalue weighted by atomic mass is 16.6. The molecule has 2 heterocycles. The Balaban J connectivity index is 1.48. The second-order valence-corrected chi connectivity index (χ2v) is 6.35. The van der Waals surface area contributed by atoms with Gasteiger partial charge >= 0.3 is 12.1 Å². The molecule has 0 radical (unpaired) electrons. The van der Waals surface area contributed by atoms with E-state index >= 15 is 0 Å². The van der Waals surface area contributed by atoms with E-state index in [4.69, 9.17) is 18.9 Å². The lowest BCUT2D eigenvalue weighted by molar-refractivity contribution is -0.136. The molecule has 0 aliphatic carbocycles. The second kappa shape index (κ2) is 9.29. The van der Waals surface area contributed by atoms with E-state index in [-0.39, 0.29) is 18.6 Å². The largest absolute Gasteiger partial charge is 0.490 e. The van der Waals surface area contributed by atoms with Gasteiger partial charge in [-0.3, -0.25) is 4.79 Å². The van der Waals surface area contributed by atoms with Crippen LogP contribution in [0.1, 0.15) is 23.7 Å². The van der Waals surface area contributed by atoms with Crippen molar-refractivity contribution < 1.29 is 33.3 Å². The first-order valence-corrected chi connectivity index (χ1v) is 9.34. The molecule has 9 heteroatoms. The second-order valence-electron chi connectivity index (χ2n) is 6.35. The minimum atomic E-state index is -0.603. The summed E-state index contributed by atoms with van der Waals surface area (Å²) in [6.07, 6.45) is 0.391. The van der Waals surface area contributed by atoms with E-state index in [0.29, 0.717) is 63.1 Å². The Labute approximate surface area is 163 Å². The number of carbonyl (C=O) groups excluding carboxylic acids is 3. The van der Waals surface area contributed by atoms with E-state index in [9.17, 15) is 14.4 Å². The van der Waals surface area contributed by atoms with Crippen LogP contribution in [0.15, 0.2) is 18.2 Å². The van der Waals surface area contributed by atoms with E-state index in [0.717, 1.165) is 6.42 Å². The van der Waals surface area contributed by atoms with E-state index in [1.54, 1.807) is 34.9 Å². The third-order valence-electron chi connectivity index (χ3n) is 4.47. The van der Waals surface area contributed by atoms with Crippen LogP contribution in [-0.4, -0.2) is 80.4 Å². The van der Waals surface area contributed by atoms with Gasteiger partial charge in [0.25, 0.3) is 5.91 Å². The van der Waals surface area contributed by atoms with E-state index in [2.05, 4.69) is 0 Å². The summed E-state index contributed by atoms with van der Waals surface area (Å²) in [6, 6.07) is 4.80. The maximum absolute atomic E-state index is 12.3. The summed E-state index contributed by atoms with van der Waals surface area (Å²) < 4.78 is 21.2. The Morgan fingerprint density at radius 3 is 2.36 bits per heavy atom. The van der Waals surface area contributed by atoms with Crippen molar-refractivity contribution in [3.63, 3.8) is 0 Å². The number of fused-ring (bicyclic) bond motifs is 1. The van der Waals surface area contributed by atoms with Crippen LogP contribution in [-0.2, 0) is 14.3 Å². The van der Waals surface area contributed by atoms with Crippen molar-refractivity contribution in [3.8, 4) is 11.5 Å². The molecule has 2 aliphatic rings. The Kier molecular flexibility index (Phi) is 6.57. The zero-order valence-electron chi connectivity index (χ0n) is 15.8. The summed E-state index contributed by atoms with van der Waals surface area (Å²) in [7, 11) is 0. The molecule has 0 N–H and O–H groups in total. The molecular formula is C19H24N2O7. The number of amides is 2. The molecular weight excluding hydrogens is 368 g/mol. The Hall–Kier alpha value is -2.97. The SMILES string of the molecule is CCOC(=O)N1CCN(C(=O)COC(=O)c2ccc3c(c2)OCCCO3)CC1. The monoisotopic (exact) mass is 392 g/mol. The highest BCUT2D eigenvalue weighted by Crippen LogP contribution is 2.30. The minimum Gasteiger partial charge on any atom is -0.490 e. The van der Waals surface area contributed by atoms with Crippen molar-refractivity contribution in [1.82, 2.24) is 9.80 Å². The minimum absolute atomic E-state index is 0.296. The van der Waals surface area contributed by atoms with E-state index in [1.807, 2.05) is 0 Å². The number of esters is 1. The van der Waals surface area contributed by atoms with Gasteiger partial charge in [-0.25, -0.2) is 9.59 Å². The quantitative estimate of drug-likeness (QED) is 0.713. The molecule has 3 rings (SSSR count). The third kappa shape index (κ3) is 4.85. The number of rotatable bonds is 4. The standard InChI is InChI=1S/C19H24N2O7/c1-2-25-19(24)21-8-6-20(7-9-21)17(22)13-28-18(23)14-4-5-15-16(12-14)27-11-3-10-26-15/h4-5,12H,2-3,6-11,13H2,1H3. The Morgan fingerprint density at radius 2 is 1.64 bits per heavy atom. The smallest absolute Gasteiger partial charge is 0.409 e. The first kappa shape index (κ1) is 19.8. The van der Waals surface area contributed by atoms with Crippen LogP contribution in [0.5, 0.6) is 11.5 Å². The number of carbonyl (C=O) groups is 3. The van der Waals surface area contributed by atoms with Crippen LogP contribution in [0.25, 0.3) is 0 Å². The van der Waals surface area contributed by atoms with Gasteiger partial charge in [-0.1, -0.05) is 0 Å². The molecule has 2 amide bonds. The van der Waals surface area contributed by atoms with Crippen molar-refractivity contribution in [1.29, 1.82) is 0 Å². The number of nitrogens with zero attached hydrogens (tertiary/aromatic N) is 2. The molecule has 0 atom stereocenters. The van der Waals surface area contributed by atoms with Crippen LogP contribution in [0.2, 0.25) is 0 Å². The van der Waals surface area contributed by atoms with Crippen molar-refractivity contribution in [2.75, 3.05) is 52.6 Å². The predicted octanol–water partition coefficient (Wildman–Crippen LogP) is 1.31. The summed E-state index contributed by atoms with van der Waals surface area (Å²) in [5.41, 5.74) is 0.296. The lowest BCUT2D eigenvalue weighted by Gasteiger charge is -2.33. The molecule has 0 saturated carbocycles. The topological polar surface area (TPSA) is 94.6 Å². The predicted molar refractivity (Wildman–Crippen MR) is 97.5 cm³/mol. The van der Waals surface area contributed by atoms with Gasteiger partial charge in [-0.15, -0.1) is 0 Å². The molecule has 1 saturated heterocycles. The Bertz CT molecular complexity index is 729. The maximum atomic E-state index is 12.3. The summed E-state index contributed by atoms with van der Waals surface area (Å²) in [4.78, 5) is 39.3. The summed E-state index contributed by atoms with van der Waals surface area (Å²) in [5.74, 6) is 0.179. The first-order chi connectivity index (χ1) is 13.6. The zero-order valence-corrected chi connectivity index (χ0v) is 15.8. The first-order valence-electron chi connectivity index (χ1n) is 9.34. The summed E-state index contributed by atoms with van der Waals surface area (Å²) in [6.45, 7) is 4.31. The maximum Gasteiger partial charge on any atom is 0.409 e. The average Bonchev–Trinajstić information content (AvgIpc) is 2.97. The van der Waals surface area contributed by atoms with Gasteiger partial charge in [0.2, 0.25) is 0 Å². The van der Waals surface area contributed by atoms with Crippen molar-refractivity contribution in [2.45, 2.75) is 13.3 Å². The molecule has 2 aliphatic heterocycles. The highest BCUT2D eigenvalue weighted by molar-refractivity contribution is 5.92. The molecule has 0 aromatic heterocycles. The number of ether oxygens (including phenoxy) is 4. The van der Waals surface area contributed by atoms with Crippen molar-refractivity contribution >= 4 is 18.0 Å². The fourth-order valence-corrected chi connectivity index (χ4v) is 2.95. The summed E-state index contributed by atoms with van der Waals surface area (Å²) >= 11 is 0. The molecule has 152 valence electrons. The van der Waals surface area contributed by atoms with Crippen LogP contribution in [0, 0.1) is 0 Å². The molecule has 9 nitrogen and oxygen atoms in total. The van der Waals surface area contributed by atoms with Gasteiger partial charge in [-0.05, 0) is 25.1 Å². The van der Waals surface area contributed by atoms with Crippen molar-refractivity contribution in [3.05, 3.63) is 23.8 Å². The van der Waals surface area contributed by atoms with Gasteiger partial charge in [0.1, 0.15) is 0 Å². The lowest BCUT2D eigenvalue weighted by atomic mass is 10.2. The normalized spacial score (nSPS) is 16.2. The third-order valence-corrected chi connectivity index (χ3v) is 4.47. The van der Waals surface area contributed by atoms with Crippen molar-refractivity contribution in [2.24, 2.45) is 0 Å². The summed E-state index contributed by atoms with van der Waals surface area (Å²) in [5, 5.41) is 0. The van der Waals surface area contributed by atoms with Crippen LogP contribution in [0.4, 0.5) is 4.79 Å². The fourth-order valence-electron chi connectivity index (χ4n) is 2.95. The molecule has 28 heavy (non-hydrogen) atoms. The van der Waals surface area contributed by atoms with Gasteiger partial charge in [0.05, 0.1) is 25.4 Å². The van der Waals surface area contributed by atoms with Crippen LogP contribution < -0.4 is 9.47 Å². The number of benzene rings is 1. The van der Waals surface area contributed by atoms with Crippen LogP contribution in [0.3, 0.4) is 0 Å². The van der Waals surface area contributed by atoms with E-state index in [1.165, 1.54) is 0 Å². The van der Waals surface area contributed by atoms with Gasteiger partial charge in [-0.2, -0.15) is 0 Å². The molecule has 1 aromatic rings. The molecule has 0 spiro atoms. The molecule has 1 aromatic carbocycles. The van der Waals surface area contributed by atoms with Gasteiger partial charge in [0, 0.05) is 32.6 Å². The molecule has 0 bridgehead atoms. The Morgan fingerprint density at radius 1 is 0.964 bits per heavy atom. The average molecular weight is 392 g/mol. The number of hydrogen-bond donors (Lipinski definition) is 0. The number of piperazine rings is 1. The van der Waals surface area contributed by atoms with Gasteiger partial charge < -0.3 is 28.7 Å². The van der Waals surface area contributed by atoms with Gasteiger partial charge in [0.15, 0.2) is 18.1 Å².